The first-order chi connectivity index (χ1) is 14.7. The van der Waals surface area contributed by atoms with E-state index in [4.69, 9.17) is 9.47 Å². The van der Waals surface area contributed by atoms with Gasteiger partial charge in [0.05, 0.1) is 13.2 Å². The quantitative estimate of drug-likeness (QED) is 0.674. The molecule has 154 valence electrons. The van der Waals surface area contributed by atoms with Crippen LogP contribution in [0, 0.1) is 5.82 Å². The smallest absolute Gasteiger partial charge is 0.321 e. The summed E-state index contributed by atoms with van der Waals surface area (Å²) < 4.78 is 24.8. The third kappa shape index (κ3) is 4.97. The lowest BCUT2D eigenvalue weighted by Crippen LogP contribution is -2.43. The molecule has 0 bridgehead atoms. The fourth-order valence-electron chi connectivity index (χ4n) is 3.30. The van der Waals surface area contributed by atoms with Gasteiger partial charge in [-0.25, -0.2) is 14.4 Å². The van der Waals surface area contributed by atoms with Crippen LogP contribution in [-0.4, -0.2) is 47.1 Å². The summed E-state index contributed by atoms with van der Waals surface area (Å²) in [5.41, 5.74) is 1.21. The molecule has 1 aliphatic rings. The first kappa shape index (κ1) is 19.9. The second-order valence-electron chi connectivity index (χ2n) is 6.75. The van der Waals surface area contributed by atoms with Gasteiger partial charge >= 0.3 is 6.01 Å². The minimum atomic E-state index is -0.613. The van der Waals surface area contributed by atoms with Crippen molar-refractivity contribution in [3.8, 4) is 11.8 Å². The zero-order valence-electron chi connectivity index (χ0n) is 16.2. The van der Waals surface area contributed by atoms with E-state index >= 15 is 0 Å². The average molecular weight is 408 g/mol. The Morgan fingerprint density at radius 1 is 1.07 bits per heavy atom. The lowest BCUT2D eigenvalue weighted by molar-refractivity contribution is -0.123. The predicted octanol–water partition coefficient (Wildman–Crippen LogP) is 3.42. The van der Waals surface area contributed by atoms with Gasteiger partial charge in [-0.1, -0.05) is 12.1 Å². The predicted molar refractivity (Wildman–Crippen MR) is 109 cm³/mol. The van der Waals surface area contributed by atoms with Crippen molar-refractivity contribution in [2.75, 3.05) is 31.6 Å². The molecule has 4 rings (SSSR count). The van der Waals surface area contributed by atoms with Crippen molar-refractivity contribution in [3.05, 3.63) is 78.4 Å². The molecule has 30 heavy (non-hydrogen) atoms. The molecule has 1 N–H and O–H groups in total. The number of ether oxygens (including phenoxy) is 2. The highest BCUT2D eigenvalue weighted by Gasteiger charge is 2.29. The van der Waals surface area contributed by atoms with Gasteiger partial charge in [-0.3, -0.25) is 9.69 Å². The lowest BCUT2D eigenvalue weighted by atomic mass is 10.0. The van der Waals surface area contributed by atoms with Crippen LogP contribution in [0.2, 0.25) is 0 Å². The molecule has 1 saturated heterocycles. The molecule has 1 fully saturated rings. The van der Waals surface area contributed by atoms with Crippen LogP contribution in [0.4, 0.5) is 10.1 Å². The number of hydrogen-bond donors (Lipinski definition) is 1. The van der Waals surface area contributed by atoms with Crippen molar-refractivity contribution in [2.24, 2.45) is 0 Å². The topological polar surface area (TPSA) is 76.6 Å². The highest BCUT2D eigenvalue weighted by Crippen LogP contribution is 2.26. The summed E-state index contributed by atoms with van der Waals surface area (Å²) in [5, 5.41) is 2.92. The Labute approximate surface area is 173 Å². The van der Waals surface area contributed by atoms with Gasteiger partial charge in [0.1, 0.15) is 17.6 Å². The average Bonchev–Trinajstić information content (AvgIpc) is 2.77. The van der Waals surface area contributed by atoms with Crippen molar-refractivity contribution < 1.29 is 18.7 Å². The van der Waals surface area contributed by atoms with Gasteiger partial charge in [0, 0.05) is 31.2 Å². The van der Waals surface area contributed by atoms with Crippen molar-refractivity contribution in [1.29, 1.82) is 0 Å². The Morgan fingerprint density at radius 2 is 1.80 bits per heavy atom. The summed E-state index contributed by atoms with van der Waals surface area (Å²) in [7, 11) is 0. The van der Waals surface area contributed by atoms with Crippen molar-refractivity contribution in [2.45, 2.75) is 6.04 Å². The molecule has 1 amide bonds. The summed E-state index contributed by atoms with van der Waals surface area (Å²) in [6.07, 6.45) is 3.18. The van der Waals surface area contributed by atoms with E-state index < -0.39 is 6.04 Å². The summed E-state index contributed by atoms with van der Waals surface area (Å²) in [6.45, 7) is 2.26. The molecule has 0 radical (unpaired) electrons. The van der Waals surface area contributed by atoms with Gasteiger partial charge in [-0.05, 0) is 48.0 Å². The van der Waals surface area contributed by atoms with E-state index in [1.54, 1.807) is 54.9 Å². The van der Waals surface area contributed by atoms with Crippen molar-refractivity contribution in [3.63, 3.8) is 0 Å². The normalized spacial score (nSPS) is 15.4. The van der Waals surface area contributed by atoms with Crippen LogP contribution in [-0.2, 0) is 9.53 Å². The van der Waals surface area contributed by atoms with Gasteiger partial charge in [0.25, 0.3) is 0 Å². The number of halogens is 1. The largest absolute Gasteiger partial charge is 0.424 e. The zero-order valence-corrected chi connectivity index (χ0v) is 16.2. The molecular weight excluding hydrogens is 387 g/mol. The second-order valence-corrected chi connectivity index (χ2v) is 6.75. The number of nitrogens with zero attached hydrogens (tertiary/aromatic N) is 3. The maximum absolute atomic E-state index is 13.8. The molecule has 1 aromatic heterocycles. The maximum atomic E-state index is 13.8. The van der Waals surface area contributed by atoms with E-state index in [2.05, 4.69) is 15.3 Å². The number of morpholine rings is 1. The van der Waals surface area contributed by atoms with Crippen LogP contribution in [0.1, 0.15) is 11.6 Å². The Kier molecular flexibility index (Phi) is 6.26. The molecule has 7 nitrogen and oxygen atoms in total. The number of nitrogens with one attached hydrogen (secondary N) is 1. The van der Waals surface area contributed by atoms with E-state index in [-0.39, 0.29) is 17.7 Å². The Balaban J connectivity index is 1.49. The Morgan fingerprint density at radius 3 is 2.50 bits per heavy atom. The highest BCUT2D eigenvalue weighted by atomic mass is 19.1. The number of anilines is 1. The number of benzene rings is 2. The molecule has 2 heterocycles. The van der Waals surface area contributed by atoms with E-state index in [0.29, 0.717) is 43.3 Å². The van der Waals surface area contributed by atoms with Gasteiger partial charge in [-0.2, -0.15) is 0 Å². The van der Waals surface area contributed by atoms with Gasteiger partial charge < -0.3 is 14.8 Å². The van der Waals surface area contributed by atoms with E-state index in [1.807, 2.05) is 4.90 Å². The van der Waals surface area contributed by atoms with Crippen LogP contribution in [0.25, 0.3) is 0 Å². The van der Waals surface area contributed by atoms with E-state index in [0.717, 1.165) is 0 Å². The zero-order chi connectivity index (χ0) is 20.8. The third-order valence-electron chi connectivity index (χ3n) is 4.70. The van der Waals surface area contributed by atoms with Gasteiger partial charge in [-0.15, -0.1) is 0 Å². The summed E-state index contributed by atoms with van der Waals surface area (Å²) in [6, 6.07) is 14.4. The number of carbonyl (C=O) groups is 1. The Hall–Kier alpha value is -3.36. The molecule has 8 heteroatoms. The fraction of sp³-hybridized carbons (Fsp3) is 0.227. The van der Waals surface area contributed by atoms with Crippen LogP contribution in [0.5, 0.6) is 11.8 Å². The van der Waals surface area contributed by atoms with Crippen LogP contribution >= 0.6 is 0 Å². The number of carbonyl (C=O) groups excluding carboxylic acids is 1. The molecule has 1 aliphatic heterocycles. The minimum absolute atomic E-state index is 0.234. The molecule has 0 spiro atoms. The van der Waals surface area contributed by atoms with Crippen LogP contribution in [0.3, 0.4) is 0 Å². The monoisotopic (exact) mass is 408 g/mol. The van der Waals surface area contributed by atoms with Gasteiger partial charge in [0.2, 0.25) is 5.91 Å². The lowest BCUT2D eigenvalue weighted by Gasteiger charge is -2.33. The molecule has 0 aliphatic carbocycles. The van der Waals surface area contributed by atoms with Gasteiger partial charge in [0.15, 0.2) is 0 Å². The van der Waals surface area contributed by atoms with Crippen molar-refractivity contribution in [1.82, 2.24) is 14.9 Å². The number of amides is 1. The summed E-state index contributed by atoms with van der Waals surface area (Å²) in [5.74, 6) is -0.0557. The molecule has 0 saturated carbocycles. The summed E-state index contributed by atoms with van der Waals surface area (Å²) >= 11 is 0. The highest BCUT2D eigenvalue weighted by molar-refractivity contribution is 5.95. The third-order valence-corrected chi connectivity index (χ3v) is 4.70. The van der Waals surface area contributed by atoms with Crippen LogP contribution < -0.4 is 10.1 Å². The summed E-state index contributed by atoms with van der Waals surface area (Å²) in [4.78, 5) is 23.2. The first-order valence-corrected chi connectivity index (χ1v) is 9.62. The number of aromatic nitrogens is 2. The SMILES string of the molecule is O=C(Nc1ccc(Oc2ncccn2)cc1)[C@H](c1cccc(F)c1)N1CCOCC1. The number of rotatable bonds is 6. The molecule has 3 aromatic rings. The minimum Gasteiger partial charge on any atom is -0.424 e. The molecule has 2 aromatic carbocycles. The van der Waals surface area contributed by atoms with E-state index in [9.17, 15) is 9.18 Å². The number of hydrogen-bond acceptors (Lipinski definition) is 6. The fourth-order valence-corrected chi connectivity index (χ4v) is 3.30. The molecular formula is C22H21FN4O3. The first-order valence-electron chi connectivity index (χ1n) is 9.62. The molecule has 0 unspecified atom stereocenters. The second kappa shape index (κ2) is 9.43. The standard InChI is InChI=1S/C22H21FN4O3/c23-17-4-1-3-16(15-17)20(27-11-13-29-14-12-27)21(28)26-18-5-7-19(8-6-18)30-22-24-9-2-10-25-22/h1-10,15,20H,11-14H2,(H,26,28)/t20-/m0/s1. The van der Waals surface area contributed by atoms with Crippen molar-refractivity contribution >= 4 is 11.6 Å². The van der Waals surface area contributed by atoms with E-state index in [1.165, 1.54) is 12.1 Å². The maximum Gasteiger partial charge on any atom is 0.321 e. The molecule has 1 atom stereocenters. The Bertz CT molecular complexity index is 979. The van der Waals surface area contributed by atoms with Crippen LogP contribution in [0.15, 0.2) is 67.0 Å².